The molecular weight excluding hydrogens is 449 g/mol. The van der Waals surface area contributed by atoms with Gasteiger partial charge in [-0.2, -0.15) is 13.2 Å². The normalized spacial score (nSPS) is 15.9. The summed E-state index contributed by atoms with van der Waals surface area (Å²) in [7, 11) is 0. The van der Waals surface area contributed by atoms with Gasteiger partial charge in [-0.1, -0.05) is 30.3 Å². The Hall–Kier alpha value is -3.89. The van der Waals surface area contributed by atoms with Gasteiger partial charge in [0, 0.05) is 35.3 Å². The minimum absolute atomic E-state index is 0. The number of amides is 2. The van der Waals surface area contributed by atoms with Crippen LogP contribution in [0.4, 0.5) is 19.0 Å². The van der Waals surface area contributed by atoms with Gasteiger partial charge in [-0.15, -0.1) is 0 Å². The lowest BCUT2D eigenvalue weighted by Crippen LogP contribution is -2.46. The minimum Gasteiger partial charge on any atom is -0.356 e. The minimum atomic E-state index is -4.47. The van der Waals surface area contributed by atoms with E-state index in [1.165, 1.54) is 6.20 Å². The fraction of sp³-hybridized carbons (Fsp3) is 0.304. The molecule has 3 heterocycles. The highest BCUT2D eigenvalue weighted by Crippen LogP contribution is 2.26. The molecule has 1 aromatic carbocycles. The van der Waals surface area contributed by atoms with Crippen LogP contribution >= 0.6 is 0 Å². The first-order valence-corrected chi connectivity index (χ1v) is 10.8. The van der Waals surface area contributed by atoms with Gasteiger partial charge in [-0.3, -0.25) is 9.59 Å². The molecule has 1 saturated heterocycles. The number of nitrogens with one attached hydrogen (secondary N) is 3. The number of hydrogen-bond donors (Lipinski definition) is 3. The first kappa shape index (κ1) is 23.3. The zero-order valence-electron chi connectivity index (χ0n) is 18.1. The van der Waals surface area contributed by atoms with Crippen molar-refractivity contribution in [1.82, 2.24) is 25.6 Å². The molecule has 0 spiro atoms. The molecule has 1 fully saturated rings. The third-order valence-electron chi connectivity index (χ3n) is 5.44. The summed E-state index contributed by atoms with van der Waals surface area (Å²) < 4.78 is 37.4. The zero-order chi connectivity index (χ0) is 24.1. The van der Waals surface area contributed by atoms with E-state index in [0.29, 0.717) is 48.8 Å². The van der Waals surface area contributed by atoms with Crippen LogP contribution in [0.2, 0.25) is 0 Å². The number of anilines is 1. The molecule has 0 aliphatic carbocycles. The highest BCUT2D eigenvalue weighted by atomic mass is 19.4. The van der Waals surface area contributed by atoms with E-state index in [2.05, 4.69) is 20.3 Å². The number of aromatic nitrogens is 3. The van der Waals surface area contributed by atoms with Crippen LogP contribution in [0.1, 0.15) is 33.2 Å². The van der Waals surface area contributed by atoms with Crippen molar-refractivity contribution < 1.29 is 27.0 Å². The number of carbonyl (C=O) groups is 2. The number of H-pyrrole nitrogens is 1. The van der Waals surface area contributed by atoms with Crippen LogP contribution < -0.4 is 15.5 Å². The van der Waals surface area contributed by atoms with Crippen LogP contribution in [0, 0.1) is 0 Å². The molecule has 3 N–H and O–H groups in total. The van der Waals surface area contributed by atoms with Gasteiger partial charge in [0.05, 0.1) is 0 Å². The van der Waals surface area contributed by atoms with Crippen molar-refractivity contribution in [3.63, 3.8) is 0 Å². The SMILES string of the molecule is O=C(NCc1ccccc1)c1cc(-c2nccc(N3CCC[C@@H]3C(=O)NCC(F)(F)F)n2)c[nH]1.[HH].[HH].[HH]. The van der Waals surface area contributed by atoms with E-state index in [-0.39, 0.29) is 10.2 Å². The molecule has 34 heavy (non-hydrogen) atoms. The Bertz CT molecular complexity index is 1160. The lowest BCUT2D eigenvalue weighted by Gasteiger charge is -2.25. The lowest BCUT2D eigenvalue weighted by atomic mass is 10.2. The number of hydrogen-bond acceptors (Lipinski definition) is 5. The Morgan fingerprint density at radius 2 is 1.97 bits per heavy atom. The van der Waals surface area contributed by atoms with Crippen molar-refractivity contribution in [2.45, 2.75) is 31.6 Å². The second-order valence-corrected chi connectivity index (χ2v) is 7.89. The summed E-state index contributed by atoms with van der Waals surface area (Å²) in [5, 5.41) is 4.78. The van der Waals surface area contributed by atoms with E-state index in [1.807, 2.05) is 35.6 Å². The fourth-order valence-electron chi connectivity index (χ4n) is 3.79. The van der Waals surface area contributed by atoms with Gasteiger partial charge in [0.1, 0.15) is 24.1 Å². The molecule has 0 unspecified atom stereocenters. The van der Waals surface area contributed by atoms with Gasteiger partial charge in [0.15, 0.2) is 5.82 Å². The maximum atomic E-state index is 12.5. The average molecular weight is 479 g/mol. The van der Waals surface area contributed by atoms with Gasteiger partial charge < -0.3 is 20.5 Å². The van der Waals surface area contributed by atoms with Crippen LogP contribution in [-0.2, 0) is 11.3 Å². The zero-order valence-corrected chi connectivity index (χ0v) is 18.1. The molecule has 2 aromatic heterocycles. The molecule has 2 amide bonds. The summed E-state index contributed by atoms with van der Waals surface area (Å²) in [6, 6.07) is 12.0. The second kappa shape index (κ2) is 9.94. The smallest absolute Gasteiger partial charge is 0.356 e. The van der Waals surface area contributed by atoms with Crippen molar-refractivity contribution in [3.05, 3.63) is 66.1 Å². The van der Waals surface area contributed by atoms with Crippen LogP contribution in [-0.4, -0.2) is 52.1 Å². The Kier molecular flexibility index (Phi) is 6.80. The number of carbonyl (C=O) groups excluding carboxylic acids is 2. The maximum absolute atomic E-state index is 12.5. The van der Waals surface area contributed by atoms with Crippen molar-refractivity contribution in [2.24, 2.45) is 0 Å². The van der Waals surface area contributed by atoms with Crippen molar-refractivity contribution in [2.75, 3.05) is 18.0 Å². The molecule has 8 nitrogen and oxygen atoms in total. The van der Waals surface area contributed by atoms with E-state index in [4.69, 9.17) is 0 Å². The first-order chi connectivity index (χ1) is 16.3. The molecule has 4 rings (SSSR count). The number of aromatic amines is 1. The van der Waals surface area contributed by atoms with Crippen molar-refractivity contribution in [3.8, 4) is 11.4 Å². The Morgan fingerprint density at radius 3 is 2.74 bits per heavy atom. The summed E-state index contributed by atoms with van der Waals surface area (Å²) >= 11 is 0. The summed E-state index contributed by atoms with van der Waals surface area (Å²) in [4.78, 5) is 38.1. The predicted octanol–water partition coefficient (Wildman–Crippen LogP) is 3.79. The Labute approximate surface area is 198 Å². The lowest BCUT2D eigenvalue weighted by molar-refractivity contribution is -0.139. The topological polar surface area (TPSA) is 103 Å². The van der Waals surface area contributed by atoms with Crippen LogP contribution in [0.5, 0.6) is 0 Å². The number of rotatable bonds is 7. The summed E-state index contributed by atoms with van der Waals surface area (Å²) in [5.74, 6) is -0.204. The third-order valence-corrected chi connectivity index (χ3v) is 5.44. The predicted molar refractivity (Wildman–Crippen MR) is 125 cm³/mol. The molecular formula is C23H29F3N6O2. The molecule has 0 bridgehead atoms. The molecule has 1 aliphatic heterocycles. The molecule has 1 aliphatic rings. The van der Waals surface area contributed by atoms with Crippen LogP contribution in [0.25, 0.3) is 11.4 Å². The van der Waals surface area contributed by atoms with Gasteiger partial charge in [0.2, 0.25) is 5.91 Å². The van der Waals surface area contributed by atoms with E-state index >= 15 is 0 Å². The van der Waals surface area contributed by atoms with E-state index in [0.717, 1.165) is 5.56 Å². The Morgan fingerprint density at radius 1 is 1.18 bits per heavy atom. The van der Waals surface area contributed by atoms with E-state index in [1.54, 1.807) is 23.2 Å². The molecule has 184 valence electrons. The molecule has 0 saturated carbocycles. The largest absolute Gasteiger partial charge is 0.405 e. The number of nitrogens with zero attached hydrogens (tertiary/aromatic N) is 3. The molecule has 3 aromatic rings. The maximum Gasteiger partial charge on any atom is 0.405 e. The van der Waals surface area contributed by atoms with Crippen molar-refractivity contribution in [1.29, 1.82) is 0 Å². The summed E-state index contributed by atoms with van der Waals surface area (Å²) in [5.41, 5.74) is 1.88. The summed E-state index contributed by atoms with van der Waals surface area (Å²) in [6.45, 7) is -0.503. The molecule has 0 radical (unpaired) electrons. The number of halogens is 3. The van der Waals surface area contributed by atoms with Gasteiger partial charge in [-0.25, -0.2) is 9.97 Å². The second-order valence-electron chi connectivity index (χ2n) is 7.89. The quantitative estimate of drug-likeness (QED) is 0.480. The van der Waals surface area contributed by atoms with Crippen LogP contribution in [0.3, 0.4) is 0 Å². The third kappa shape index (κ3) is 5.72. The average Bonchev–Trinajstić information content (AvgIpc) is 3.52. The van der Waals surface area contributed by atoms with E-state index < -0.39 is 24.7 Å². The van der Waals surface area contributed by atoms with Crippen molar-refractivity contribution >= 4 is 17.6 Å². The Balaban J connectivity index is 0.00000228. The highest BCUT2D eigenvalue weighted by Gasteiger charge is 2.35. The van der Waals surface area contributed by atoms with Gasteiger partial charge >= 0.3 is 6.18 Å². The fourth-order valence-corrected chi connectivity index (χ4v) is 3.79. The van der Waals surface area contributed by atoms with E-state index in [9.17, 15) is 22.8 Å². The monoisotopic (exact) mass is 478 g/mol. The molecule has 11 heteroatoms. The highest BCUT2D eigenvalue weighted by molar-refractivity contribution is 5.93. The number of alkyl halides is 3. The van der Waals surface area contributed by atoms with Gasteiger partial charge in [0.25, 0.3) is 5.91 Å². The molecule has 1 atom stereocenters. The number of benzene rings is 1. The van der Waals surface area contributed by atoms with Crippen LogP contribution in [0.15, 0.2) is 54.9 Å². The van der Waals surface area contributed by atoms with Gasteiger partial charge in [-0.05, 0) is 30.5 Å². The standard InChI is InChI=1S/C23H23F3N6O2.3H2/c24-23(25,26)14-30-22(34)18-7-4-10-32(18)19-8-9-27-20(31-19)16-11-17(28-13-16)21(33)29-12-15-5-2-1-3-6-15;;;/h1-3,5-6,8-9,11,13,18,28H,4,7,10,12,14H2,(H,29,33)(H,30,34);3*1H/t18-;;;/m1.../s1. The first-order valence-electron chi connectivity index (χ1n) is 10.8. The summed E-state index contributed by atoms with van der Waals surface area (Å²) in [6.07, 6.45) is -0.268.